The van der Waals surface area contributed by atoms with E-state index in [9.17, 15) is 0 Å². The molecule has 0 aliphatic rings. The molecule has 0 unspecified atom stereocenters. The maximum absolute atomic E-state index is 3.30. The molecule has 0 fully saturated rings. The van der Waals surface area contributed by atoms with Gasteiger partial charge in [0.2, 0.25) is 0 Å². The van der Waals surface area contributed by atoms with Gasteiger partial charge in [0.15, 0.2) is 0 Å². The molecule has 3 heteroatoms. The average molecular weight is 191 g/mol. The fourth-order valence-electron chi connectivity index (χ4n) is 0.750. The van der Waals surface area contributed by atoms with Crippen LogP contribution in [-0.4, -0.2) is 20.1 Å². The zero-order chi connectivity index (χ0) is 8.95. The monoisotopic (exact) mass is 191 g/mol. The average Bonchev–Trinajstić information content (AvgIpc) is 2.04. The molecule has 70 valence electrons. The molecule has 0 aliphatic carbocycles. The van der Waals surface area contributed by atoms with Crippen LogP contribution >= 0.6 is 0 Å². The molecule has 0 atom stereocenters. The first-order valence-electron chi connectivity index (χ1n) is 4.97. The molecular formula is C8H25NSi2. The van der Waals surface area contributed by atoms with Crippen LogP contribution in [0.5, 0.6) is 0 Å². The number of hydrogen-bond acceptors (Lipinski definition) is 1. The van der Waals surface area contributed by atoms with Gasteiger partial charge in [-0.3, -0.25) is 0 Å². The lowest BCUT2D eigenvalue weighted by Gasteiger charge is -1.86. The van der Waals surface area contributed by atoms with Gasteiger partial charge in [-0.25, -0.2) is 0 Å². The van der Waals surface area contributed by atoms with Crippen molar-refractivity contribution in [1.82, 2.24) is 4.65 Å². The summed E-state index contributed by atoms with van der Waals surface area (Å²) in [5.41, 5.74) is 0. The van der Waals surface area contributed by atoms with E-state index in [-0.39, 0.29) is 9.68 Å². The first-order chi connectivity index (χ1) is 5.33. The largest absolute Gasteiger partial charge is 0.372 e. The fourth-order valence-corrected chi connectivity index (χ4v) is 2.75. The molecule has 0 bridgehead atoms. The van der Waals surface area contributed by atoms with Crippen molar-refractivity contribution in [3.8, 4) is 0 Å². The van der Waals surface area contributed by atoms with Crippen LogP contribution in [0, 0.1) is 0 Å². The summed E-state index contributed by atoms with van der Waals surface area (Å²) in [6.45, 7) is 6.70. The molecule has 11 heavy (non-hydrogen) atoms. The Hall–Kier alpha value is 0.394. The lowest BCUT2D eigenvalue weighted by molar-refractivity contribution is 0.702. The van der Waals surface area contributed by atoms with E-state index in [4.69, 9.17) is 0 Å². The normalized spacial score (nSPS) is 10.1. The van der Waals surface area contributed by atoms with Crippen molar-refractivity contribution >= 4 is 20.1 Å². The zero-order valence-corrected chi connectivity index (χ0v) is 12.2. The Labute approximate surface area is 77.8 Å². The minimum absolute atomic E-state index is 0.244. The van der Waals surface area contributed by atoms with E-state index in [0.29, 0.717) is 0 Å². The fraction of sp³-hybridized carbons (Fsp3) is 1.00. The van der Waals surface area contributed by atoms with E-state index in [0.717, 1.165) is 0 Å². The summed E-state index contributed by atoms with van der Waals surface area (Å²) in [5, 5.41) is 0. The van der Waals surface area contributed by atoms with Crippen molar-refractivity contribution in [2.75, 3.05) is 0 Å². The molecule has 1 nitrogen and oxygen atoms in total. The van der Waals surface area contributed by atoms with Crippen molar-refractivity contribution in [2.45, 2.75) is 52.5 Å². The second kappa shape index (κ2) is 16.8. The van der Waals surface area contributed by atoms with Crippen LogP contribution < -0.4 is 4.65 Å². The zero-order valence-electron chi connectivity index (χ0n) is 8.74. The van der Waals surface area contributed by atoms with Crippen LogP contribution in [0.25, 0.3) is 0 Å². The van der Waals surface area contributed by atoms with Gasteiger partial charge in [0, 0.05) is 0 Å². The highest BCUT2D eigenvalue weighted by Crippen LogP contribution is 1.95. The second-order valence-electron chi connectivity index (χ2n) is 2.81. The third-order valence-electron chi connectivity index (χ3n) is 1.46. The molecule has 0 saturated heterocycles. The first kappa shape index (κ1) is 13.9. The van der Waals surface area contributed by atoms with E-state index in [1.54, 1.807) is 0 Å². The second-order valence-corrected chi connectivity index (χ2v) is 7.14. The molecular weight excluding hydrogens is 166 g/mol. The van der Waals surface area contributed by atoms with Gasteiger partial charge in [0.1, 0.15) is 0 Å². The number of nitrogens with one attached hydrogen (secondary N) is 1. The number of unbranched alkanes of at least 4 members (excludes halogenated alkanes) is 3. The van der Waals surface area contributed by atoms with Gasteiger partial charge in [0.05, 0.1) is 20.1 Å². The quantitative estimate of drug-likeness (QED) is 0.504. The van der Waals surface area contributed by atoms with Gasteiger partial charge in [-0.1, -0.05) is 52.5 Å². The Balaban J connectivity index is 0. The SMILES string of the molecule is CCCCCC.CC[SiH2]N[SiH3]. The van der Waals surface area contributed by atoms with Crippen LogP contribution in [0.1, 0.15) is 46.5 Å². The predicted molar refractivity (Wildman–Crippen MR) is 61.9 cm³/mol. The molecule has 1 N–H and O–H groups in total. The Morgan fingerprint density at radius 1 is 1.09 bits per heavy atom. The minimum Gasteiger partial charge on any atom is -0.372 e. The molecule has 0 aromatic carbocycles. The van der Waals surface area contributed by atoms with E-state index >= 15 is 0 Å². The molecule has 0 aromatic rings. The van der Waals surface area contributed by atoms with Crippen LogP contribution in [0.3, 0.4) is 0 Å². The number of hydrogen-bond donors (Lipinski definition) is 1. The summed E-state index contributed by atoms with van der Waals surface area (Å²) in [6, 6.07) is 1.41. The van der Waals surface area contributed by atoms with Crippen LogP contribution in [0.15, 0.2) is 0 Å². The van der Waals surface area contributed by atoms with Gasteiger partial charge in [0.25, 0.3) is 0 Å². The Morgan fingerprint density at radius 3 is 1.64 bits per heavy atom. The predicted octanol–water partition coefficient (Wildman–Crippen LogP) is 0.965. The maximum atomic E-state index is 3.30. The lowest BCUT2D eigenvalue weighted by Crippen LogP contribution is -2.12. The molecule has 0 aromatic heterocycles. The third-order valence-corrected chi connectivity index (χ3v) is 3.96. The molecule has 0 amide bonds. The van der Waals surface area contributed by atoms with Crippen molar-refractivity contribution in [3.05, 3.63) is 0 Å². The highest BCUT2D eigenvalue weighted by molar-refractivity contribution is 6.41. The van der Waals surface area contributed by atoms with E-state index in [2.05, 4.69) is 25.4 Å². The van der Waals surface area contributed by atoms with Crippen molar-refractivity contribution in [3.63, 3.8) is 0 Å². The molecule has 0 saturated carbocycles. The highest BCUT2D eigenvalue weighted by atomic mass is 28.3. The van der Waals surface area contributed by atoms with E-state index in [1.807, 2.05) is 0 Å². The summed E-state index contributed by atoms with van der Waals surface area (Å²) < 4.78 is 3.30. The minimum atomic E-state index is 0.244. The van der Waals surface area contributed by atoms with Gasteiger partial charge in [-0.15, -0.1) is 0 Å². The summed E-state index contributed by atoms with van der Waals surface area (Å²) in [5.74, 6) is 0. The Kier molecular flexibility index (Phi) is 21.3. The van der Waals surface area contributed by atoms with Crippen molar-refractivity contribution < 1.29 is 0 Å². The van der Waals surface area contributed by atoms with Crippen LogP contribution in [0.2, 0.25) is 6.04 Å². The maximum Gasteiger partial charge on any atom is 0.0840 e. The highest BCUT2D eigenvalue weighted by Gasteiger charge is 1.75. The van der Waals surface area contributed by atoms with E-state index < -0.39 is 0 Å². The van der Waals surface area contributed by atoms with Gasteiger partial charge < -0.3 is 4.65 Å². The van der Waals surface area contributed by atoms with Gasteiger partial charge >= 0.3 is 0 Å². The molecule has 0 radical (unpaired) electrons. The van der Waals surface area contributed by atoms with Crippen molar-refractivity contribution in [2.24, 2.45) is 0 Å². The van der Waals surface area contributed by atoms with E-state index in [1.165, 1.54) is 42.1 Å². The summed E-state index contributed by atoms with van der Waals surface area (Å²) in [4.78, 5) is 0. The Morgan fingerprint density at radius 2 is 1.55 bits per heavy atom. The summed E-state index contributed by atoms with van der Waals surface area (Å²) >= 11 is 0. The van der Waals surface area contributed by atoms with Crippen LogP contribution in [-0.2, 0) is 0 Å². The number of rotatable bonds is 5. The standard InChI is InChI=1S/C6H14.C2H11NSi2/c1-3-5-6-4-2;1-2-5-3-4/h3-6H2,1-2H3;3H,2,5H2,1,4H3. The Bertz CT molecular complexity index is 45.4. The molecule has 0 heterocycles. The summed E-state index contributed by atoms with van der Waals surface area (Å²) in [7, 11) is 1.45. The lowest BCUT2D eigenvalue weighted by atomic mass is 10.2. The first-order valence-corrected chi connectivity index (χ1v) is 7.68. The molecule has 0 aliphatic heterocycles. The molecule has 0 rings (SSSR count). The summed E-state index contributed by atoms with van der Waals surface area (Å²) in [6.07, 6.45) is 5.54. The topological polar surface area (TPSA) is 12.0 Å². The molecule has 0 spiro atoms. The van der Waals surface area contributed by atoms with Gasteiger partial charge in [-0.2, -0.15) is 0 Å². The third kappa shape index (κ3) is 25.2. The smallest absolute Gasteiger partial charge is 0.0840 e. The van der Waals surface area contributed by atoms with Crippen molar-refractivity contribution in [1.29, 1.82) is 0 Å². The van der Waals surface area contributed by atoms with Gasteiger partial charge in [-0.05, 0) is 0 Å². The van der Waals surface area contributed by atoms with Crippen LogP contribution in [0.4, 0.5) is 0 Å².